The van der Waals surface area contributed by atoms with Crippen LogP contribution < -0.4 is 0 Å². The molecule has 76 valence electrons. The van der Waals surface area contributed by atoms with Gasteiger partial charge in [0.25, 0.3) is 0 Å². The molecule has 0 aliphatic carbocycles. The second-order valence-corrected chi connectivity index (χ2v) is 3.10. The Morgan fingerprint density at radius 3 is 1.69 bits per heavy atom. The van der Waals surface area contributed by atoms with Gasteiger partial charge < -0.3 is 14.9 Å². The molecule has 0 fully saturated rings. The summed E-state index contributed by atoms with van der Waals surface area (Å²) in [7, 11) is 1.19. The molecule has 0 rings (SSSR count). The minimum Gasteiger partial charge on any atom is -0.481 e. The summed E-state index contributed by atoms with van der Waals surface area (Å²) in [6, 6.07) is 0. The SMILES string of the molecule is CO[C@@H](C(=O)O)[C@@H](C(=O)O)C(C)C. The van der Waals surface area contributed by atoms with Crippen molar-refractivity contribution in [1.82, 2.24) is 0 Å². The quantitative estimate of drug-likeness (QED) is 0.657. The van der Waals surface area contributed by atoms with Gasteiger partial charge in [-0.15, -0.1) is 0 Å². The van der Waals surface area contributed by atoms with Gasteiger partial charge >= 0.3 is 11.9 Å². The van der Waals surface area contributed by atoms with Crippen molar-refractivity contribution >= 4 is 11.9 Å². The monoisotopic (exact) mass is 190 g/mol. The molecule has 0 aliphatic heterocycles. The summed E-state index contributed by atoms with van der Waals surface area (Å²) in [4.78, 5) is 21.3. The van der Waals surface area contributed by atoms with E-state index in [-0.39, 0.29) is 5.92 Å². The molecule has 2 atom stereocenters. The predicted molar refractivity (Wildman–Crippen MR) is 44.4 cm³/mol. The first-order valence-corrected chi connectivity index (χ1v) is 3.90. The van der Waals surface area contributed by atoms with Crippen molar-refractivity contribution in [3.05, 3.63) is 0 Å². The third kappa shape index (κ3) is 3.02. The lowest BCUT2D eigenvalue weighted by Gasteiger charge is -2.21. The number of carbonyl (C=O) groups is 2. The molecule has 0 saturated heterocycles. The van der Waals surface area contributed by atoms with E-state index in [2.05, 4.69) is 4.74 Å². The highest BCUT2D eigenvalue weighted by Crippen LogP contribution is 2.18. The fourth-order valence-electron chi connectivity index (χ4n) is 1.17. The maximum absolute atomic E-state index is 10.7. The summed E-state index contributed by atoms with van der Waals surface area (Å²) in [5.74, 6) is -3.69. The van der Waals surface area contributed by atoms with Crippen LogP contribution in [-0.4, -0.2) is 35.4 Å². The van der Waals surface area contributed by atoms with Gasteiger partial charge in [-0.25, -0.2) is 4.79 Å². The van der Waals surface area contributed by atoms with Gasteiger partial charge in [-0.1, -0.05) is 13.8 Å². The largest absolute Gasteiger partial charge is 0.481 e. The average molecular weight is 190 g/mol. The summed E-state index contributed by atoms with van der Waals surface area (Å²) >= 11 is 0. The van der Waals surface area contributed by atoms with E-state index < -0.39 is 24.0 Å². The fraction of sp³-hybridized carbons (Fsp3) is 0.750. The van der Waals surface area contributed by atoms with Crippen molar-refractivity contribution in [2.24, 2.45) is 11.8 Å². The van der Waals surface area contributed by atoms with Crippen LogP contribution in [0.4, 0.5) is 0 Å². The van der Waals surface area contributed by atoms with Crippen LogP contribution in [0.3, 0.4) is 0 Å². The molecule has 0 aromatic heterocycles. The van der Waals surface area contributed by atoms with Crippen molar-refractivity contribution in [1.29, 1.82) is 0 Å². The Hall–Kier alpha value is -1.10. The molecule has 0 spiro atoms. The fourth-order valence-corrected chi connectivity index (χ4v) is 1.17. The minimum absolute atomic E-state index is 0.279. The number of methoxy groups -OCH3 is 1. The van der Waals surface area contributed by atoms with Crippen LogP contribution in [0.5, 0.6) is 0 Å². The molecule has 0 saturated carbocycles. The first-order chi connectivity index (χ1) is 5.91. The summed E-state index contributed by atoms with van der Waals surface area (Å²) < 4.78 is 4.62. The first-order valence-electron chi connectivity index (χ1n) is 3.90. The number of rotatable bonds is 5. The first kappa shape index (κ1) is 11.9. The van der Waals surface area contributed by atoms with E-state index in [1.807, 2.05) is 0 Å². The van der Waals surface area contributed by atoms with E-state index in [4.69, 9.17) is 10.2 Å². The van der Waals surface area contributed by atoms with Gasteiger partial charge in [0, 0.05) is 7.11 Å². The van der Waals surface area contributed by atoms with Crippen LogP contribution in [0, 0.1) is 11.8 Å². The molecule has 0 heterocycles. The Morgan fingerprint density at radius 1 is 1.15 bits per heavy atom. The summed E-state index contributed by atoms with van der Waals surface area (Å²) in [6.45, 7) is 3.29. The molecule has 0 aromatic rings. The topological polar surface area (TPSA) is 83.8 Å². The van der Waals surface area contributed by atoms with Crippen molar-refractivity contribution in [2.45, 2.75) is 20.0 Å². The Bertz CT molecular complexity index is 199. The van der Waals surface area contributed by atoms with E-state index in [0.717, 1.165) is 0 Å². The lowest BCUT2D eigenvalue weighted by molar-refractivity contribution is -0.164. The van der Waals surface area contributed by atoms with Crippen molar-refractivity contribution in [3.8, 4) is 0 Å². The van der Waals surface area contributed by atoms with E-state index in [9.17, 15) is 9.59 Å². The molecule has 0 aromatic carbocycles. The minimum atomic E-state index is -1.28. The maximum atomic E-state index is 10.7. The highest BCUT2D eigenvalue weighted by atomic mass is 16.5. The van der Waals surface area contributed by atoms with Gasteiger partial charge in [0.1, 0.15) is 0 Å². The van der Waals surface area contributed by atoms with Crippen LogP contribution >= 0.6 is 0 Å². The number of carboxylic acid groups (broad SMARTS) is 2. The zero-order valence-electron chi connectivity index (χ0n) is 7.85. The molecule has 0 bridgehead atoms. The molecule has 0 aliphatic rings. The van der Waals surface area contributed by atoms with E-state index in [1.54, 1.807) is 13.8 Å². The molecular weight excluding hydrogens is 176 g/mol. The highest BCUT2D eigenvalue weighted by molar-refractivity contribution is 5.81. The van der Waals surface area contributed by atoms with Gasteiger partial charge in [-0.3, -0.25) is 4.79 Å². The Morgan fingerprint density at radius 2 is 1.62 bits per heavy atom. The zero-order chi connectivity index (χ0) is 10.6. The number of hydrogen-bond acceptors (Lipinski definition) is 3. The molecular formula is C8H14O5. The van der Waals surface area contributed by atoms with Crippen LogP contribution in [-0.2, 0) is 14.3 Å². The Kier molecular flexibility index (Phi) is 4.40. The van der Waals surface area contributed by atoms with Crippen LogP contribution in [0.1, 0.15) is 13.8 Å². The summed E-state index contributed by atoms with van der Waals surface area (Å²) in [5, 5.41) is 17.4. The Balaban J connectivity index is 4.69. The van der Waals surface area contributed by atoms with E-state index in [0.29, 0.717) is 0 Å². The molecule has 0 unspecified atom stereocenters. The lowest BCUT2D eigenvalue weighted by Crippen LogP contribution is -2.39. The van der Waals surface area contributed by atoms with Gasteiger partial charge in [-0.2, -0.15) is 0 Å². The second kappa shape index (κ2) is 4.81. The van der Waals surface area contributed by atoms with Crippen LogP contribution in [0.25, 0.3) is 0 Å². The summed E-state index contributed by atoms with van der Waals surface area (Å²) in [6.07, 6.45) is -1.28. The number of carboxylic acids is 2. The maximum Gasteiger partial charge on any atom is 0.333 e. The molecule has 5 nitrogen and oxygen atoms in total. The van der Waals surface area contributed by atoms with Gasteiger partial charge in [0.05, 0.1) is 5.92 Å². The number of hydrogen-bond donors (Lipinski definition) is 2. The predicted octanol–water partition coefficient (Wildman–Crippen LogP) is 0.443. The molecule has 5 heteroatoms. The standard InChI is InChI=1S/C8H14O5/c1-4(2)5(7(9)10)6(13-3)8(11)12/h4-6H,1-3H3,(H,9,10)(H,11,12)/t5-,6+/m0/s1. The van der Waals surface area contributed by atoms with Crippen molar-refractivity contribution in [3.63, 3.8) is 0 Å². The molecule has 13 heavy (non-hydrogen) atoms. The number of aliphatic carboxylic acids is 2. The van der Waals surface area contributed by atoms with E-state index in [1.165, 1.54) is 7.11 Å². The Labute approximate surface area is 76.3 Å². The zero-order valence-corrected chi connectivity index (χ0v) is 7.85. The van der Waals surface area contributed by atoms with Gasteiger partial charge in [0.2, 0.25) is 0 Å². The lowest BCUT2D eigenvalue weighted by atomic mass is 9.90. The van der Waals surface area contributed by atoms with E-state index >= 15 is 0 Å². The average Bonchev–Trinajstić information content (AvgIpc) is 1.97. The third-order valence-corrected chi connectivity index (χ3v) is 1.83. The van der Waals surface area contributed by atoms with Gasteiger partial charge in [0.15, 0.2) is 6.10 Å². The highest BCUT2D eigenvalue weighted by Gasteiger charge is 2.36. The summed E-state index contributed by atoms with van der Waals surface area (Å²) in [5.41, 5.74) is 0. The van der Waals surface area contributed by atoms with Crippen LogP contribution in [0.2, 0.25) is 0 Å². The smallest absolute Gasteiger partial charge is 0.333 e. The number of ether oxygens (including phenoxy) is 1. The molecule has 0 radical (unpaired) electrons. The van der Waals surface area contributed by atoms with Crippen molar-refractivity contribution in [2.75, 3.05) is 7.11 Å². The van der Waals surface area contributed by atoms with Gasteiger partial charge in [-0.05, 0) is 5.92 Å². The molecule has 0 amide bonds. The van der Waals surface area contributed by atoms with Crippen LogP contribution in [0.15, 0.2) is 0 Å². The molecule has 2 N–H and O–H groups in total. The third-order valence-electron chi connectivity index (χ3n) is 1.83. The van der Waals surface area contributed by atoms with Crippen molar-refractivity contribution < 1.29 is 24.5 Å². The normalized spacial score (nSPS) is 15.4. The second-order valence-electron chi connectivity index (χ2n) is 3.10.